The second-order valence-electron chi connectivity index (χ2n) is 7.43. The SMILES string of the molecule is Cc1cc(C)c2cc(C(=O)N3CCN(C(=O)c4ccc(F)cc4Cl)CC3)[nH]c2c1. The maximum atomic E-state index is 13.2. The van der Waals surface area contributed by atoms with Crippen LogP contribution in [-0.4, -0.2) is 52.8 Å². The molecule has 1 saturated heterocycles. The van der Waals surface area contributed by atoms with E-state index in [0.717, 1.165) is 28.1 Å². The van der Waals surface area contributed by atoms with Crippen molar-refractivity contribution in [1.82, 2.24) is 14.8 Å². The van der Waals surface area contributed by atoms with Gasteiger partial charge in [0.2, 0.25) is 0 Å². The van der Waals surface area contributed by atoms with Crippen molar-refractivity contribution in [2.75, 3.05) is 26.2 Å². The first-order chi connectivity index (χ1) is 13.8. The third kappa shape index (κ3) is 3.72. The average Bonchev–Trinajstić information content (AvgIpc) is 3.11. The highest BCUT2D eigenvalue weighted by Gasteiger charge is 2.27. The Hall–Kier alpha value is -2.86. The van der Waals surface area contributed by atoms with Gasteiger partial charge < -0.3 is 14.8 Å². The number of aryl methyl sites for hydroxylation is 2. The first kappa shape index (κ1) is 19.5. The Kier molecular flexibility index (Phi) is 5.04. The van der Waals surface area contributed by atoms with Gasteiger partial charge in [0.15, 0.2) is 0 Å². The quantitative estimate of drug-likeness (QED) is 0.685. The second-order valence-corrected chi connectivity index (χ2v) is 7.84. The lowest BCUT2D eigenvalue weighted by atomic mass is 10.1. The summed E-state index contributed by atoms with van der Waals surface area (Å²) >= 11 is 6.01. The van der Waals surface area contributed by atoms with Crippen LogP contribution < -0.4 is 0 Å². The zero-order valence-corrected chi connectivity index (χ0v) is 17.0. The van der Waals surface area contributed by atoms with Crippen molar-refractivity contribution in [3.8, 4) is 0 Å². The zero-order chi connectivity index (χ0) is 20.7. The molecule has 5 nitrogen and oxygen atoms in total. The highest BCUT2D eigenvalue weighted by molar-refractivity contribution is 6.33. The molecule has 4 rings (SSSR count). The predicted molar refractivity (Wildman–Crippen MR) is 111 cm³/mol. The summed E-state index contributed by atoms with van der Waals surface area (Å²) in [6.07, 6.45) is 0. The number of nitrogens with one attached hydrogen (secondary N) is 1. The standard InChI is InChI=1S/C22H21ClFN3O2/c1-13-9-14(2)17-12-20(25-19(17)10-13)22(29)27-7-5-26(6-8-27)21(28)16-4-3-15(24)11-18(16)23/h3-4,9-12,25H,5-8H2,1-2H3. The van der Waals surface area contributed by atoms with Gasteiger partial charge in [-0.2, -0.15) is 0 Å². The van der Waals surface area contributed by atoms with Gasteiger partial charge in [0.1, 0.15) is 11.5 Å². The fourth-order valence-electron chi connectivity index (χ4n) is 3.83. The van der Waals surface area contributed by atoms with Crippen LogP contribution in [0, 0.1) is 19.7 Å². The normalized spacial score (nSPS) is 14.5. The molecule has 7 heteroatoms. The van der Waals surface area contributed by atoms with Gasteiger partial charge in [0.25, 0.3) is 11.8 Å². The molecule has 0 saturated carbocycles. The van der Waals surface area contributed by atoms with Crippen LogP contribution in [0.15, 0.2) is 36.4 Å². The highest BCUT2D eigenvalue weighted by Crippen LogP contribution is 2.23. The number of aromatic amines is 1. The number of amides is 2. The van der Waals surface area contributed by atoms with Crippen molar-refractivity contribution < 1.29 is 14.0 Å². The van der Waals surface area contributed by atoms with Crippen molar-refractivity contribution in [2.45, 2.75) is 13.8 Å². The number of rotatable bonds is 2. The van der Waals surface area contributed by atoms with Crippen LogP contribution in [-0.2, 0) is 0 Å². The van der Waals surface area contributed by atoms with Gasteiger partial charge in [0.05, 0.1) is 10.6 Å². The van der Waals surface area contributed by atoms with E-state index in [1.165, 1.54) is 12.1 Å². The lowest BCUT2D eigenvalue weighted by Gasteiger charge is -2.34. The van der Waals surface area contributed by atoms with Crippen LogP contribution in [0.4, 0.5) is 4.39 Å². The third-order valence-corrected chi connectivity index (χ3v) is 5.65. The Bertz CT molecular complexity index is 1120. The summed E-state index contributed by atoms with van der Waals surface area (Å²) in [5.41, 5.74) is 4.04. The lowest BCUT2D eigenvalue weighted by Crippen LogP contribution is -2.50. The Morgan fingerprint density at radius 1 is 0.966 bits per heavy atom. The number of fused-ring (bicyclic) bond motifs is 1. The first-order valence-electron chi connectivity index (χ1n) is 9.47. The van der Waals surface area contributed by atoms with Crippen LogP contribution in [0.1, 0.15) is 32.0 Å². The summed E-state index contributed by atoms with van der Waals surface area (Å²) in [6.45, 7) is 5.71. The summed E-state index contributed by atoms with van der Waals surface area (Å²) in [5, 5.41) is 1.14. The Morgan fingerprint density at radius 3 is 2.28 bits per heavy atom. The minimum atomic E-state index is -0.481. The van der Waals surface area contributed by atoms with Crippen LogP contribution in [0.25, 0.3) is 10.9 Å². The van der Waals surface area contributed by atoms with E-state index in [2.05, 4.69) is 11.1 Å². The number of aromatic nitrogens is 1. The summed E-state index contributed by atoms with van der Waals surface area (Å²) in [4.78, 5) is 32.2. The number of H-pyrrole nitrogens is 1. The Balaban J connectivity index is 1.46. The summed E-state index contributed by atoms with van der Waals surface area (Å²) in [7, 11) is 0. The summed E-state index contributed by atoms with van der Waals surface area (Å²) < 4.78 is 13.2. The molecular weight excluding hydrogens is 393 g/mol. The molecule has 2 amide bonds. The van der Waals surface area contributed by atoms with Gasteiger partial charge in [-0.05, 0) is 55.3 Å². The summed E-state index contributed by atoms with van der Waals surface area (Å²) in [5.74, 6) is -0.810. The first-order valence-corrected chi connectivity index (χ1v) is 9.85. The molecule has 1 N–H and O–H groups in total. The second kappa shape index (κ2) is 7.52. The molecule has 150 valence electrons. The molecule has 0 bridgehead atoms. The molecule has 0 atom stereocenters. The molecule has 2 heterocycles. The molecular formula is C22H21ClFN3O2. The molecule has 0 unspecified atom stereocenters. The van der Waals surface area contributed by atoms with Crippen molar-refractivity contribution in [3.63, 3.8) is 0 Å². The number of piperazine rings is 1. The van der Waals surface area contributed by atoms with Crippen molar-refractivity contribution in [2.24, 2.45) is 0 Å². The van der Waals surface area contributed by atoms with Gasteiger partial charge in [-0.1, -0.05) is 17.7 Å². The number of hydrogen-bond donors (Lipinski definition) is 1. The number of nitrogens with zero attached hydrogens (tertiary/aromatic N) is 2. The van der Waals surface area contributed by atoms with Gasteiger partial charge >= 0.3 is 0 Å². The molecule has 3 aromatic rings. The minimum Gasteiger partial charge on any atom is -0.351 e. The third-order valence-electron chi connectivity index (χ3n) is 5.34. The molecule has 1 aliphatic heterocycles. The van der Waals surface area contributed by atoms with E-state index in [1.807, 2.05) is 26.0 Å². The number of carbonyl (C=O) groups is 2. The number of benzene rings is 2. The van der Waals surface area contributed by atoms with E-state index >= 15 is 0 Å². The lowest BCUT2D eigenvalue weighted by molar-refractivity contribution is 0.0533. The molecule has 2 aromatic carbocycles. The van der Waals surface area contributed by atoms with Crippen molar-refractivity contribution >= 4 is 34.3 Å². The van der Waals surface area contributed by atoms with E-state index in [1.54, 1.807) is 9.80 Å². The fraction of sp³-hybridized carbons (Fsp3) is 0.273. The largest absolute Gasteiger partial charge is 0.351 e. The van der Waals surface area contributed by atoms with E-state index < -0.39 is 5.82 Å². The van der Waals surface area contributed by atoms with Crippen LogP contribution >= 0.6 is 11.6 Å². The number of hydrogen-bond acceptors (Lipinski definition) is 2. The van der Waals surface area contributed by atoms with Gasteiger partial charge in [0, 0.05) is 37.1 Å². The molecule has 1 aromatic heterocycles. The maximum absolute atomic E-state index is 13.2. The number of carbonyl (C=O) groups excluding carboxylic acids is 2. The van der Waals surface area contributed by atoms with Gasteiger partial charge in [-0.3, -0.25) is 9.59 Å². The maximum Gasteiger partial charge on any atom is 0.270 e. The molecule has 1 fully saturated rings. The molecule has 0 aliphatic carbocycles. The minimum absolute atomic E-state index is 0.0785. The van der Waals surface area contributed by atoms with E-state index in [-0.39, 0.29) is 22.4 Å². The Morgan fingerprint density at radius 2 is 1.62 bits per heavy atom. The fourth-order valence-corrected chi connectivity index (χ4v) is 4.08. The van der Waals surface area contributed by atoms with Crippen molar-refractivity contribution in [1.29, 1.82) is 0 Å². The molecule has 0 radical (unpaired) electrons. The predicted octanol–water partition coefficient (Wildman–Crippen LogP) is 4.18. The Labute approximate surface area is 173 Å². The van der Waals surface area contributed by atoms with E-state index in [9.17, 15) is 14.0 Å². The van der Waals surface area contributed by atoms with Crippen LogP contribution in [0.3, 0.4) is 0 Å². The van der Waals surface area contributed by atoms with Gasteiger partial charge in [-0.15, -0.1) is 0 Å². The van der Waals surface area contributed by atoms with E-state index in [4.69, 9.17) is 11.6 Å². The average molecular weight is 414 g/mol. The zero-order valence-electron chi connectivity index (χ0n) is 16.3. The molecule has 1 aliphatic rings. The number of halogens is 2. The van der Waals surface area contributed by atoms with Crippen LogP contribution in [0.2, 0.25) is 5.02 Å². The highest BCUT2D eigenvalue weighted by atomic mass is 35.5. The topological polar surface area (TPSA) is 56.4 Å². The van der Waals surface area contributed by atoms with Gasteiger partial charge in [-0.25, -0.2) is 4.39 Å². The van der Waals surface area contributed by atoms with Crippen molar-refractivity contribution in [3.05, 3.63) is 69.6 Å². The molecule has 0 spiro atoms. The van der Waals surface area contributed by atoms with E-state index in [0.29, 0.717) is 31.9 Å². The molecule has 29 heavy (non-hydrogen) atoms. The monoisotopic (exact) mass is 413 g/mol. The smallest absolute Gasteiger partial charge is 0.270 e. The summed E-state index contributed by atoms with van der Waals surface area (Å²) in [6, 6.07) is 9.76. The van der Waals surface area contributed by atoms with Crippen LogP contribution in [0.5, 0.6) is 0 Å².